The van der Waals surface area contributed by atoms with Crippen LogP contribution in [-0.2, 0) is 4.79 Å². The number of unbranched alkanes of at least 4 members (excludes halogenated alkanes) is 2. The highest BCUT2D eigenvalue weighted by Gasteiger charge is 2.24. The first-order chi connectivity index (χ1) is 15.7. The van der Waals surface area contributed by atoms with Crippen LogP contribution in [0.5, 0.6) is 5.75 Å². The molecule has 0 unspecified atom stereocenters. The van der Waals surface area contributed by atoms with Gasteiger partial charge in [0.1, 0.15) is 5.75 Å². The van der Waals surface area contributed by atoms with Crippen LogP contribution in [0.3, 0.4) is 0 Å². The lowest BCUT2D eigenvalue weighted by atomic mass is 10.1. The second-order valence-corrected chi connectivity index (χ2v) is 8.40. The number of piperazine rings is 1. The lowest BCUT2D eigenvalue weighted by Crippen LogP contribution is -2.50. The van der Waals surface area contributed by atoms with E-state index in [1.54, 1.807) is 12.4 Å². The quantitative estimate of drug-likeness (QED) is 0.416. The Morgan fingerprint density at radius 3 is 2.22 bits per heavy atom. The minimum atomic E-state index is 0.160. The molecular weight excluding hydrogens is 422 g/mol. The zero-order valence-corrected chi connectivity index (χ0v) is 18.9. The number of halogens is 1. The van der Waals surface area contributed by atoms with E-state index in [1.807, 2.05) is 53.4 Å². The van der Waals surface area contributed by atoms with E-state index >= 15 is 0 Å². The lowest BCUT2D eigenvalue weighted by molar-refractivity contribution is -0.121. The number of nitrogens with zero attached hydrogens (tertiary/aromatic N) is 3. The van der Waals surface area contributed by atoms with Gasteiger partial charge in [-0.3, -0.25) is 14.7 Å². The van der Waals surface area contributed by atoms with Gasteiger partial charge in [0.25, 0.3) is 0 Å². The molecule has 2 aromatic carbocycles. The molecule has 2 heterocycles. The molecule has 0 bridgehead atoms. The molecule has 0 atom stereocenters. The topological polar surface area (TPSA) is 45.7 Å². The van der Waals surface area contributed by atoms with Gasteiger partial charge in [-0.1, -0.05) is 35.9 Å². The summed E-state index contributed by atoms with van der Waals surface area (Å²) < 4.78 is 5.89. The molecule has 6 heteroatoms. The van der Waals surface area contributed by atoms with Crippen LogP contribution in [0.4, 0.5) is 5.69 Å². The number of hydrogen-bond donors (Lipinski definition) is 0. The lowest BCUT2D eigenvalue weighted by Gasteiger charge is -2.34. The third-order valence-corrected chi connectivity index (χ3v) is 5.95. The SMILES string of the molecule is O=C1CN(CCCCCOc2ccc(-c3ccc(Cl)cc3)cc2)CCN1c1ccncc1. The van der Waals surface area contributed by atoms with Gasteiger partial charge >= 0.3 is 0 Å². The van der Waals surface area contributed by atoms with Gasteiger partial charge in [0.05, 0.1) is 13.2 Å². The van der Waals surface area contributed by atoms with Crippen molar-refractivity contribution in [2.45, 2.75) is 19.3 Å². The van der Waals surface area contributed by atoms with Crippen LogP contribution in [0.15, 0.2) is 73.1 Å². The van der Waals surface area contributed by atoms with Gasteiger partial charge in [-0.25, -0.2) is 0 Å². The molecule has 0 spiro atoms. The molecule has 1 amide bonds. The molecule has 32 heavy (non-hydrogen) atoms. The fourth-order valence-corrected chi connectivity index (χ4v) is 4.03. The van der Waals surface area contributed by atoms with Gasteiger partial charge < -0.3 is 9.64 Å². The van der Waals surface area contributed by atoms with E-state index in [-0.39, 0.29) is 5.91 Å². The summed E-state index contributed by atoms with van der Waals surface area (Å²) in [4.78, 5) is 20.6. The highest BCUT2D eigenvalue weighted by atomic mass is 35.5. The number of carbonyl (C=O) groups excluding carboxylic acids is 1. The molecule has 1 saturated heterocycles. The number of anilines is 1. The maximum Gasteiger partial charge on any atom is 0.241 e. The number of carbonyl (C=O) groups is 1. The monoisotopic (exact) mass is 449 g/mol. The third kappa shape index (κ3) is 6.09. The van der Waals surface area contributed by atoms with E-state index in [0.29, 0.717) is 13.2 Å². The van der Waals surface area contributed by atoms with Crippen LogP contribution in [-0.4, -0.2) is 48.6 Å². The van der Waals surface area contributed by atoms with Gasteiger partial charge in [-0.15, -0.1) is 0 Å². The van der Waals surface area contributed by atoms with Crippen LogP contribution in [0.2, 0.25) is 5.02 Å². The van der Waals surface area contributed by atoms with Crippen molar-refractivity contribution in [3.63, 3.8) is 0 Å². The molecular formula is C26H28ClN3O2. The second kappa shape index (κ2) is 11.1. The third-order valence-electron chi connectivity index (χ3n) is 5.69. The summed E-state index contributed by atoms with van der Waals surface area (Å²) in [7, 11) is 0. The number of ether oxygens (including phenoxy) is 1. The van der Waals surface area contributed by atoms with E-state index in [9.17, 15) is 4.79 Å². The number of benzene rings is 2. The maximum atomic E-state index is 12.5. The number of hydrogen-bond acceptors (Lipinski definition) is 4. The molecule has 1 aliphatic heterocycles. The van der Waals surface area contributed by atoms with Crippen molar-refractivity contribution in [1.29, 1.82) is 0 Å². The summed E-state index contributed by atoms with van der Waals surface area (Å²) in [6.07, 6.45) is 6.61. The first-order valence-electron chi connectivity index (χ1n) is 11.1. The summed E-state index contributed by atoms with van der Waals surface area (Å²) >= 11 is 5.96. The highest BCUT2D eigenvalue weighted by Crippen LogP contribution is 2.24. The zero-order valence-electron chi connectivity index (χ0n) is 18.1. The van der Waals surface area contributed by atoms with Gasteiger partial charge in [-0.05, 0) is 73.3 Å². The standard InChI is InChI=1S/C26H28ClN3O2/c27-23-8-4-21(5-9-23)22-6-10-25(11-7-22)32-19-3-1-2-16-29-17-18-30(26(31)20-29)24-12-14-28-15-13-24/h4-15H,1-3,16-20H2. The Morgan fingerprint density at radius 1 is 0.844 bits per heavy atom. The van der Waals surface area contributed by atoms with Crippen LogP contribution < -0.4 is 9.64 Å². The Kier molecular flexibility index (Phi) is 7.75. The number of pyridine rings is 1. The molecule has 3 aromatic rings. The van der Waals surface area contributed by atoms with Crippen molar-refractivity contribution >= 4 is 23.2 Å². The van der Waals surface area contributed by atoms with Crippen molar-refractivity contribution in [3.05, 3.63) is 78.1 Å². The molecule has 0 N–H and O–H groups in total. The van der Waals surface area contributed by atoms with Crippen molar-refractivity contribution in [2.75, 3.05) is 37.7 Å². The van der Waals surface area contributed by atoms with E-state index in [2.05, 4.69) is 22.0 Å². The van der Waals surface area contributed by atoms with Gasteiger partial charge in [0.15, 0.2) is 0 Å². The Labute approximate surface area is 194 Å². The van der Waals surface area contributed by atoms with Crippen molar-refractivity contribution in [3.8, 4) is 16.9 Å². The summed E-state index contributed by atoms with van der Waals surface area (Å²) in [5.74, 6) is 1.05. The van der Waals surface area contributed by atoms with E-state index < -0.39 is 0 Å². The molecule has 5 nitrogen and oxygen atoms in total. The minimum Gasteiger partial charge on any atom is -0.494 e. The Bertz CT molecular complexity index is 994. The molecule has 0 aliphatic carbocycles. The maximum absolute atomic E-state index is 12.5. The van der Waals surface area contributed by atoms with E-state index in [4.69, 9.17) is 16.3 Å². The first-order valence-corrected chi connectivity index (χ1v) is 11.5. The van der Waals surface area contributed by atoms with Crippen molar-refractivity contribution < 1.29 is 9.53 Å². The minimum absolute atomic E-state index is 0.160. The first kappa shape index (κ1) is 22.3. The van der Waals surface area contributed by atoms with Gasteiger partial charge in [-0.2, -0.15) is 0 Å². The molecule has 1 fully saturated rings. The average Bonchev–Trinajstić information content (AvgIpc) is 2.83. The molecule has 4 rings (SSSR count). The smallest absolute Gasteiger partial charge is 0.241 e. The second-order valence-electron chi connectivity index (χ2n) is 7.97. The van der Waals surface area contributed by atoms with Crippen molar-refractivity contribution in [1.82, 2.24) is 9.88 Å². The molecule has 1 aliphatic rings. The fraction of sp³-hybridized carbons (Fsp3) is 0.308. The Balaban J connectivity index is 1.12. The number of rotatable bonds is 9. The molecule has 0 radical (unpaired) electrons. The van der Waals surface area contributed by atoms with Crippen LogP contribution in [0.25, 0.3) is 11.1 Å². The summed E-state index contributed by atoms with van der Waals surface area (Å²) in [6.45, 7) is 3.78. The van der Waals surface area contributed by atoms with Crippen LogP contribution in [0, 0.1) is 0 Å². The van der Waals surface area contributed by atoms with E-state index in [0.717, 1.165) is 66.5 Å². The predicted octanol–water partition coefficient (Wildman–Crippen LogP) is 5.30. The summed E-state index contributed by atoms with van der Waals surface area (Å²) in [5, 5.41) is 0.743. The zero-order chi connectivity index (χ0) is 22.2. The Hall–Kier alpha value is -2.89. The molecule has 166 valence electrons. The normalized spacial score (nSPS) is 14.5. The number of amides is 1. The van der Waals surface area contributed by atoms with Crippen molar-refractivity contribution in [2.24, 2.45) is 0 Å². The molecule has 1 aromatic heterocycles. The van der Waals surface area contributed by atoms with Crippen LogP contribution >= 0.6 is 11.6 Å². The summed E-state index contributed by atoms with van der Waals surface area (Å²) in [5.41, 5.74) is 3.22. The molecule has 0 saturated carbocycles. The highest BCUT2D eigenvalue weighted by molar-refractivity contribution is 6.30. The predicted molar refractivity (Wildman–Crippen MR) is 129 cm³/mol. The Morgan fingerprint density at radius 2 is 1.53 bits per heavy atom. The average molecular weight is 450 g/mol. The number of aromatic nitrogens is 1. The van der Waals surface area contributed by atoms with Gasteiger partial charge in [0, 0.05) is 36.2 Å². The van der Waals surface area contributed by atoms with E-state index in [1.165, 1.54) is 0 Å². The summed E-state index contributed by atoms with van der Waals surface area (Å²) in [6, 6.07) is 19.8. The fourth-order valence-electron chi connectivity index (χ4n) is 3.90. The largest absolute Gasteiger partial charge is 0.494 e. The van der Waals surface area contributed by atoms with Gasteiger partial charge in [0.2, 0.25) is 5.91 Å². The van der Waals surface area contributed by atoms with Crippen LogP contribution in [0.1, 0.15) is 19.3 Å².